The third-order valence-corrected chi connectivity index (χ3v) is 3.33. The molecule has 0 radical (unpaired) electrons. The molecule has 0 amide bonds. The van der Waals surface area contributed by atoms with E-state index in [0.717, 1.165) is 15.6 Å². The van der Waals surface area contributed by atoms with Crippen molar-refractivity contribution >= 4 is 21.7 Å². The maximum Gasteiger partial charge on any atom is 0.158 e. The van der Waals surface area contributed by atoms with Crippen LogP contribution in [0.4, 0.5) is 0 Å². The fourth-order valence-corrected chi connectivity index (χ4v) is 2.02. The second-order valence-corrected chi connectivity index (χ2v) is 5.07. The molecule has 3 heteroatoms. The fourth-order valence-electron chi connectivity index (χ4n) is 1.76. The quantitative estimate of drug-likeness (QED) is 0.942. The van der Waals surface area contributed by atoms with Crippen molar-refractivity contribution in [3.8, 4) is 0 Å². The first-order chi connectivity index (χ1) is 8.66. The Labute approximate surface area is 115 Å². The van der Waals surface area contributed by atoms with Gasteiger partial charge in [0.05, 0.1) is 6.04 Å². The zero-order chi connectivity index (χ0) is 13.0. The lowest BCUT2D eigenvalue weighted by molar-refractivity contribution is -0.119. The van der Waals surface area contributed by atoms with Crippen LogP contribution in [0.2, 0.25) is 0 Å². The molecule has 0 aliphatic rings. The van der Waals surface area contributed by atoms with E-state index in [2.05, 4.69) is 15.9 Å². The summed E-state index contributed by atoms with van der Waals surface area (Å²) in [5.41, 5.74) is 7.80. The van der Waals surface area contributed by atoms with Crippen LogP contribution in [0.1, 0.15) is 17.2 Å². The minimum absolute atomic E-state index is 0.0310. The average Bonchev–Trinajstić information content (AvgIpc) is 2.41. The monoisotopic (exact) mass is 303 g/mol. The van der Waals surface area contributed by atoms with E-state index in [0.29, 0.717) is 6.42 Å². The Bertz CT molecular complexity index is 522. The Balaban J connectivity index is 2.06. The number of benzene rings is 2. The lowest BCUT2D eigenvalue weighted by Gasteiger charge is -2.10. The Hall–Kier alpha value is -1.45. The number of hydrogen-bond donors (Lipinski definition) is 1. The van der Waals surface area contributed by atoms with E-state index in [-0.39, 0.29) is 5.78 Å². The molecule has 2 N–H and O–H groups in total. The van der Waals surface area contributed by atoms with Crippen molar-refractivity contribution in [2.45, 2.75) is 12.5 Å². The van der Waals surface area contributed by atoms with Gasteiger partial charge in [0.25, 0.3) is 0 Å². The van der Waals surface area contributed by atoms with E-state index < -0.39 is 6.04 Å². The molecule has 0 aliphatic carbocycles. The first-order valence-electron chi connectivity index (χ1n) is 5.74. The summed E-state index contributed by atoms with van der Waals surface area (Å²) in [7, 11) is 0. The van der Waals surface area contributed by atoms with E-state index >= 15 is 0 Å². The number of halogens is 1. The second kappa shape index (κ2) is 5.94. The molecule has 0 fully saturated rings. The van der Waals surface area contributed by atoms with E-state index in [9.17, 15) is 4.79 Å². The van der Waals surface area contributed by atoms with Crippen molar-refractivity contribution in [3.63, 3.8) is 0 Å². The van der Waals surface area contributed by atoms with Crippen LogP contribution in [-0.4, -0.2) is 5.78 Å². The zero-order valence-electron chi connectivity index (χ0n) is 9.84. The molecule has 2 aromatic carbocycles. The summed E-state index contributed by atoms with van der Waals surface area (Å²) in [6.45, 7) is 0. The highest BCUT2D eigenvalue weighted by Gasteiger charge is 2.15. The maximum absolute atomic E-state index is 12.1. The van der Waals surface area contributed by atoms with Crippen molar-refractivity contribution in [3.05, 3.63) is 70.2 Å². The number of carbonyl (C=O) groups is 1. The second-order valence-electron chi connectivity index (χ2n) is 4.16. The summed E-state index contributed by atoms with van der Waals surface area (Å²) < 4.78 is 1.01. The van der Waals surface area contributed by atoms with Crippen molar-refractivity contribution < 1.29 is 4.79 Å². The summed E-state index contributed by atoms with van der Waals surface area (Å²) in [4.78, 5) is 12.1. The molecule has 0 saturated heterocycles. The number of nitrogens with two attached hydrogens (primary N) is 1. The fraction of sp³-hybridized carbons (Fsp3) is 0.133. The number of hydrogen-bond acceptors (Lipinski definition) is 2. The predicted octanol–water partition coefficient (Wildman–Crippen LogP) is 3.26. The summed E-state index contributed by atoms with van der Waals surface area (Å²) in [6, 6.07) is 16.6. The maximum atomic E-state index is 12.1. The molecule has 2 nitrogen and oxygen atoms in total. The molecule has 0 bridgehead atoms. The minimum atomic E-state index is -0.546. The Morgan fingerprint density at radius 3 is 2.28 bits per heavy atom. The van der Waals surface area contributed by atoms with Gasteiger partial charge in [0.1, 0.15) is 0 Å². The van der Waals surface area contributed by atoms with Crippen molar-refractivity contribution in [2.24, 2.45) is 5.73 Å². The highest BCUT2D eigenvalue weighted by atomic mass is 79.9. The predicted molar refractivity (Wildman–Crippen MR) is 76.2 cm³/mol. The van der Waals surface area contributed by atoms with Gasteiger partial charge in [-0.25, -0.2) is 0 Å². The largest absolute Gasteiger partial charge is 0.318 e. The molecule has 92 valence electrons. The van der Waals surface area contributed by atoms with Gasteiger partial charge in [-0.1, -0.05) is 58.4 Å². The van der Waals surface area contributed by atoms with Gasteiger partial charge in [0.2, 0.25) is 0 Å². The van der Waals surface area contributed by atoms with Gasteiger partial charge in [-0.2, -0.15) is 0 Å². The summed E-state index contributed by atoms with van der Waals surface area (Å²) in [5, 5.41) is 0. The third kappa shape index (κ3) is 3.28. The van der Waals surface area contributed by atoms with Gasteiger partial charge in [0, 0.05) is 10.9 Å². The third-order valence-electron chi connectivity index (χ3n) is 2.80. The van der Waals surface area contributed by atoms with Gasteiger partial charge in [-0.3, -0.25) is 4.79 Å². The summed E-state index contributed by atoms with van der Waals surface area (Å²) >= 11 is 3.37. The smallest absolute Gasteiger partial charge is 0.158 e. The van der Waals surface area contributed by atoms with Crippen LogP contribution in [0.3, 0.4) is 0 Å². The molecule has 18 heavy (non-hydrogen) atoms. The lowest BCUT2D eigenvalue weighted by Crippen LogP contribution is -2.23. The van der Waals surface area contributed by atoms with Crippen molar-refractivity contribution in [2.75, 3.05) is 0 Å². The van der Waals surface area contributed by atoms with Crippen LogP contribution >= 0.6 is 15.9 Å². The molecule has 0 aliphatic heterocycles. The number of rotatable bonds is 4. The zero-order valence-corrected chi connectivity index (χ0v) is 11.4. The normalized spacial score (nSPS) is 12.1. The van der Waals surface area contributed by atoms with Crippen molar-refractivity contribution in [1.82, 2.24) is 0 Å². The van der Waals surface area contributed by atoms with Crippen molar-refractivity contribution in [1.29, 1.82) is 0 Å². The summed E-state index contributed by atoms with van der Waals surface area (Å²) in [5.74, 6) is 0.0310. The van der Waals surface area contributed by atoms with E-state index in [4.69, 9.17) is 5.73 Å². The van der Waals surface area contributed by atoms with Gasteiger partial charge in [-0.15, -0.1) is 0 Å². The molecule has 0 heterocycles. The van der Waals surface area contributed by atoms with E-state index in [1.807, 2.05) is 54.6 Å². The molecule has 0 aromatic heterocycles. The number of Topliss-reactive ketones (excluding diaryl/α,β-unsaturated/α-hetero) is 1. The molecule has 0 unspecified atom stereocenters. The minimum Gasteiger partial charge on any atom is -0.318 e. The first-order valence-corrected chi connectivity index (χ1v) is 6.54. The highest BCUT2D eigenvalue weighted by Crippen LogP contribution is 2.15. The van der Waals surface area contributed by atoms with Gasteiger partial charge in [-0.05, 0) is 23.3 Å². The van der Waals surface area contributed by atoms with Crippen LogP contribution in [0.15, 0.2) is 59.1 Å². The molecule has 2 rings (SSSR count). The van der Waals surface area contributed by atoms with Gasteiger partial charge >= 0.3 is 0 Å². The Morgan fingerprint density at radius 2 is 1.67 bits per heavy atom. The summed E-state index contributed by atoms with van der Waals surface area (Å²) in [6.07, 6.45) is 0.364. The van der Waals surface area contributed by atoms with Gasteiger partial charge in [0.15, 0.2) is 5.78 Å². The van der Waals surface area contributed by atoms with Crippen LogP contribution in [-0.2, 0) is 11.2 Å². The standard InChI is InChI=1S/C15H14BrNO/c16-13-8-6-11(7-9-13)10-14(18)15(17)12-4-2-1-3-5-12/h1-9,15H,10,17H2/t15-/m1/s1. The number of ketones is 1. The number of carbonyl (C=O) groups excluding carboxylic acids is 1. The molecular weight excluding hydrogens is 290 g/mol. The van der Waals surface area contributed by atoms with E-state index in [1.54, 1.807) is 0 Å². The SMILES string of the molecule is N[C@@H](C(=O)Cc1ccc(Br)cc1)c1ccccc1. The topological polar surface area (TPSA) is 43.1 Å². The van der Waals surface area contributed by atoms with Crippen LogP contribution in [0.25, 0.3) is 0 Å². The Kier molecular flexibility index (Phi) is 4.28. The van der Waals surface area contributed by atoms with Gasteiger partial charge < -0.3 is 5.73 Å². The first kappa shape index (κ1) is 13.0. The Morgan fingerprint density at radius 1 is 1.06 bits per heavy atom. The van der Waals surface area contributed by atoms with E-state index in [1.165, 1.54) is 0 Å². The molecule has 1 atom stereocenters. The molecule has 2 aromatic rings. The molecule has 0 spiro atoms. The average molecular weight is 304 g/mol. The molecule has 0 saturated carbocycles. The highest BCUT2D eigenvalue weighted by molar-refractivity contribution is 9.10. The lowest BCUT2D eigenvalue weighted by atomic mass is 9.98. The van der Waals surface area contributed by atoms with Crippen LogP contribution < -0.4 is 5.73 Å². The van der Waals surface area contributed by atoms with Crippen LogP contribution in [0, 0.1) is 0 Å². The van der Waals surface area contributed by atoms with Crippen LogP contribution in [0.5, 0.6) is 0 Å². The molecular formula is C15H14BrNO.